The number of rotatable bonds is 1. The van der Waals surface area contributed by atoms with Crippen LogP contribution in [0.15, 0.2) is 17.1 Å². The summed E-state index contributed by atoms with van der Waals surface area (Å²) in [6.07, 6.45) is 5.40. The predicted molar refractivity (Wildman–Crippen MR) is 75.9 cm³/mol. The van der Waals surface area contributed by atoms with Crippen LogP contribution in [0.4, 0.5) is 0 Å². The summed E-state index contributed by atoms with van der Waals surface area (Å²) in [6.45, 7) is 2.84. The number of hydrogen-bond donors (Lipinski definition) is 0. The predicted octanol–water partition coefficient (Wildman–Crippen LogP) is 1.55. The second-order valence-corrected chi connectivity index (χ2v) is 5.28. The highest BCUT2D eigenvalue weighted by molar-refractivity contribution is 7.16. The molecular weight excluding hydrogens is 276 g/mol. The molecule has 2 aromatic rings. The van der Waals surface area contributed by atoms with Gasteiger partial charge in [0.15, 0.2) is 16.3 Å². The number of benzene rings is 1. The van der Waals surface area contributed by atoms with Gasteiger partial charge in [-0.25, -0.2) is 0 Å². The van der Waals surface area contributed by atoms with E-state index >= 15 is 0 Å². The van der Waals surface area contributed by atoms with Crippen molar-refractivity contribution in [2.75, 3.05) is 13.2 Å². The summed E-state index contributed by atoms with van der Waals surface area (Å²) < 4.78 is 13.9. The van der Waals surface area contributed by atoms with Crippen LogP contribution in [0.1, 0.15) is 6.92 Å². The largest absolute Gasteiger partial charge is 0.486 e. The number of fused-ring (bicyclic) bond motifs is 2. The average Bonchev–Trinajstić information content (AvgIpc) is 2.73. The highest BCUT2D eigenvalue weighted by atomic mass is 32.1. The molecule has 1 aliphatic rings. The molecule has 0 bridgehead atoms. The first-order chi connectivity index (χ1) is 9.69. The van der Waals surface area contributed by atoms with Crippen LogP contribution < -0.4 is 14.3 Å². The minimum Gasteiger partial charge on any atom is -0.486 e. The molecule has 1 aliphatic heterocycles. The molecule has 0 spiro atoms. The standard InChI is InChI=1S/C14H12N2O3S/c1-3-4-16-10-7-11-12(19-6-5-18-11)8-13(10)20-14(16)15-9(2)17/h1,7-8H,4-6H2,2H3. The Morgan fingerprint density at radius 2 is 2.15 bits per heavy atom. The Kier molecular flexibility index (Phi) is 3.20. The van der Waals surface area contributed by atoms with Gasteiger partial charge in [-0.05, 0) is 0 Å². The Balaban J connectivity index is 2.29. The summed E-state index contributed by atoms with van der Waals surface area (Å²) in [4.78, 5) is 15.8. The zero-order valence-corrected chi connectivity index (χ0v) is 11.7. The van der Waals surface area contributed by atoms with Crippen LogP contribution in [0.2, 0.25) is 0 Å². The monoisotopic (exact) mass is 288 g/mol. The molecule has 2 heterocycles. The van der Waals surface area contributed by atoms with E-state index in [1.807, 2.05) is 16.7 Å². The maximum atomic E-state index is 11.2. The SMILES string of the molecule is C#CCn1c(=NC(C)=O)sc2cc3c(cc21)OCCO3. The van der Waals surface area contributed by atoms with Gasteiger partial charge in [0.05, 0.1) is 16.8 Å². The molecule has 3 rings (SSSR count). The lowest BCUT2D eigenvalue weighted by molar-refractivity contribution is -0.116. The van der Waals surface area contributed by atoms with E-state index < -0.39 is 0 Å². The number of hydrogen-bond acceptors (Lipinski definition) is 4. The summed E-state index contributed by atoms with van der Waals surface area (Å²) in [5, 5.41) is 0. The highest BCUT2D eigenvalue weighted by Gasteiger charge is 2.16. The molecule has 0 atom stereocenters. The summed E-state index contributed by atoms with van der Waals surface area (Å²) in [5.41, 5.74) is 0.900. The van der Waals surface area contributed by atoms with E-state index in [4.69, 9.17) is 15.9 Å². The number of carbonyl (C=O) groups is 1. The molecule has 0 N–H and O–H groups in total. The van der Waals surface area contributed by atoms with E-state index in [1.54, 1.807) is 0 Å². The van der Waals surface area contributed by atoms with Gasteiger partial charge in [-0.3, -0.25) is 4.79 Å². The Labute approximate surface area is 119 Å². The first-order valence-electron chi connectivity index (χ1n) is 6.11. The van der Waals surface area contributed by atoms with Crippen molar-refractivity contribution >= 4 is 27.5 Å². The maximum absolute atomic E-state index is 11.2. The topological polar surface area (TPSA) is 52.8 Å². The summed E-state index contributed by atoms with van der Waals surface area (Å²) >= 11 is 1.41. The molecule has 6 heteroatoms. The molecule has 20 heavy (non-hydrogen) atoms. The molecule has 1 aromatic heterocycles. The third-order valence-electron chi connectivity index (χ3n) is 2.85. The molecule has 102 valence electrons. The van der Waals surface area contributed by atoms with E-state index in [9.17, 15) is 4.79 Å². The minimum atomic E-state index is -0.250. The minimum absolute atomic E-state index is 0.250. The van der Waals surface area contributed by atoms with Gasteiger partial charge >= 0.3 is 0 Å². The molecule has 0 radical (unpaired) electrons. The van der Waals surface area contributed by atoms with Crippen molar-refractivity contribution in [1.82, 2.24) is 4.57 Å². The maximum Gasteiger partial charge on any atom is 0.245 e. The molecule has 1 aromatic carbocycles. The Morgan fingerprint density at radius 1 is 1.45 bits per heavy atom. The normalized spacial score (nSPS) is 14.3. The van der Waals surface area contributed by atoms with Gasteiger partial charge in [0.25, 0.3) is 0 Å². The summed E-state index contributed by atoms with van der Waals surface area (Å²) in [5.74, 6) is 3.74. The van der Waals surface area contributed by atoms with Gasteiger partial charge in [0.2, 0.25) is 5.91 Å². The van der Waals surface area contributed by atoms with E-state index in [0.29, 0.717) is 36.1 Å². The number of terminal acetylenes is 1. The molecule has 5 nitrogen and oxygen atoms in total. The third-order valence-corrected chi connectivity index (χ3v) is 3.89. The van der Waals surface area contributed by atoms with Crippen LogP contribution in [-0.4, -0.2) is 23.7 Å². The third kappa shape index (κ3) is 2.17. The molecule has 0 unspecified atom stereocenters. The summed E-state index contributed by atoms with van der Waals surface area (Å²) in [7, 11) is 0. The lowest BCUT2D eigenvalue weighted by atomic mass is 10.2. The lowest BCUT2D eigenvalue weighted by Crippen LogP contribution is -2.17. The highest BCUT2D eigenvalue weighted by Crippen LogP contribution is 2.35. The van der Waals surface area contributed by atoms with Crippen molar-refractivity contribution in [3.8, 4) is 23.8 Å². The molecule has 1 amide bonds. The Bertz CT molecular complexity index is 795. The van der Waals surface area contributed by atoms with E-state index in [2.05, 4.69) is 10.9 Å². The lowest BCUT2D eigenvalue weighted by Gasteiger charge is -2.18. The second kappa shape index (κ2) is 5.02. The summed E-state index contributed by atoms with van der Waals surface area (Å²) in [6, 6.07) is 3.79. The Morgan fingerprint density at radius 3 is 2.80 bits per heavy atom. The number of aromatic nitrogens is 1. The fraction of sp³-hybridized carbons (Fsp3) is 0.286. The van der Waals surface area contributed by atoms with Crippen LogP contribution in [-0.2, 0) is 11.3 Å². The van der Waals surface area contributed by atoms with Gasteiger partial charge in [-0.2, -0.15) is 4.99 Å². The first kappa shape index (κ1) is 12.8. The van der Waals surface area contributed by atoms with Crippen LogP contribution in [0.5, 0.6) is 11.5 Å². The number of amides is 1. The van der Waals surface area contributed by atoms with Crippen LogP contribution in [0, 0.1) is 12.3 Å². The van der Waals surface area contributed by atoms with Crippen LogP contribution >= 0.6 is 11.3 Å². The zero-order valence-electron chi connectivity index (χ0n) is 10.9. The van der Waals surface area contributed by atoms with Crippen molar-refractivity contribution in [2.24, 2.45) is 4.99 Å². The van der Waals surface area contributed by atoms with Gasteiger partial charge in [-0.1, -0.05) is 17.3 Å². The van der Waals surface area contributed by atoms with Crippen molar-refractivity contribution in [1.29, 1.82) is 0 Å². The number of thiazole rings is 1. The fourth-order valence-electron chi connectivity index (χ4n) is 2.07. The van der Waals surface area contributed by atoms with Crippen LogP contribution in [0.25, 0.3) is 10.2 Å². The molecular formula is C14H12N2O3S. The molecule has 0 aliphatic carbocycles. The van der Waals surface area contributed by atoms with E-state index in [0.717, 1.165) is 10.2 Å². The van der Waals surface area contributed by atoms with E-state index in [-0.39, 0.29) is 5.91 Å². The van der Waals surface area contributed by atoms with Crippen molar-refractivity contribution < 1.29 is 14.3 Å². The Hall–Kier alpha value is -2.26. The van der Waals surface area contributed by atoms with Gasteiger partial charge in [0, 0.05) is 19.1 Å². The van der Waals surface area contributed by atoms with Crippen molar-refractivity contribution in [2.45, 2.75) is 13.5 Å². The van der Waals surface area contributed by atoms with Crippen LogP contribution in [0.3, 0.4) is 0 Å². The smallest absolute Gasteiger partial charge is 0.245 e. The van der Waals surface area contributed by atoms with E-state index in [1.165, 1.54) is 18.3 Å². The number of carbonyl (C=O) groups excluding carboxylic acids is 1. The average molecular weight is 288 g/mol. The second-order valence-electron chi connectivity index (χ2n) is 4.27. The quantitative estimate of drug-likeness (QED) is 0.748. The van der Waals surface area contributed by atoms with Gasteiger partial charge < -0.3 is 14.0 Å². The van der Waals surface area contributed by atoms with Crippen molar-refractivity contribution in [3.05, 3.63) is 16.9 Å². The zero-order chi connectivity index (χ0) is 14.1. The first-order valence-corrected chi connectivity index (χ1v) is 6.92. The number of nitrogens with zero attached hydrogens (tertiary/aromatic N) is 2. The van der Waals surface area contributed by atoms with Gasteiger partial charge in [0.1, 0.15) is 13.2 Å². The molecule has 0 saturated carbocycles. The van der Waals surface area contributed by atoms with Gasteiger partial charge in [-0.15, -0.1) is 6.42 Å². The fourth-order valence-corrected chi connectivity index (χ4v) is 3.15. The molecule has 0 fully saturated rings. The molecule has 0 saturated heterocycles. The number of ether oxygens (including phenoxy) is 2. The van der Waals surface area contributed by atoms with Crippen molar-refractivity contribution in [3.63, 3.8) is 0 Å².